The Balaban J connectivity index is 2.55. The molecule has 1 amide bonds. The normalized spacial score (nSPS) is 11.2. The van der Waals surface area contributed by atoms with Crippen LogP contribution in [0.4, 0.5) is 5.82 Å². The molecule has 0 radical (unpaired) electrons. The molecule has 88 valence electrons. The number of rotatable bonds is 3. The van der Waals surface area contributed by atoms with Gasteiger partial charge in [-0.2, -0.15) is 0 Å². The van der Waals surface area contributed by atoms with Gasteiger partial charge in [-0.1, -0.05) is 26.8 Å². The first-order chi connectivity index (χ1) is 7.40. The van der Waals surface area contributed by atoms with Gasteiger partial charge in [0.25, 0.3) is 0 Å². The van der Waals surface area contributed by atoms with Crippen LogP contribution in [0.2, 0.25) is 0 Å². The smallest absolute Gasteiger partial charge is 0.227 e. The van der Waals surface area contributed by atoms with Crippen LogP contribution in [0.15, 0.2) is 24.4 Å². The Labute approximate surface area is 97.5 Å². The predicted molar refractivity (Wildman–Crippen MR) is 66.3 cm³/mol. The quantitative estimate of drug-likeness (QED) is 0.784. The van der Waals surface area contributed by atoms with Crippen LogP contribution in [0.3, 0.4) is 0 Å². The maximum atomic E-state index is 11.9. The van der Waals surface area contributed by atoms with Crippen molar-refractivity contribution in [3.63, 3.8) is 0 Å². The van der Waals surface area contributed by atoms with E-state index in [0.29, 0.717) is 12.2 Å². The highest BCUT2D eigenvalue weighted by atomic mass is 16.2. The van der Waals surface area contributed by atoms with Gasteiger partial charge in [-0.05, 0) is 24.0 Å². The molecule has 0 aromatic carbocycles. The maximum Gasteiger partial charge on any atom is 0.227 e. The number of pyridine rings is 1. The standard InChI is InChI=1S/C13H20N2O/c1-13(2,3)9-8-12(16)15(4)11-7-5-6-10-14-11/h5-7,10H,8-9H2,1-4H3. The van der Waals surface area contributed by atoms with E-state index in [4.69, 9.17) is 0 Å². The van der Waals surface area contributed by atoms with Crippen molar-refractivity contribution in [1.82, 2.24) is 4.98 Å². The number of hydrogen-bond acceptors (Lipinski definition) is 2. The molecule has 0 aliphatic rings. The zero-order valence-corrected chi connectivity index (χ0v) is 10.5. The highest BCUT2D eigenvalue weighted by Crippen LogP contribution is 2.21. The predicted octanol–water partition coefficient (Wildman–Crippen LogP) is 2.87. The Kier molecular flexibility index (Phi) is 4.05. The summed E-state index contributed by atoms with van der Waals surface area (Å²) in [7, 11) is 1.77. The van der Waals surface area contributed by atoms with Crippen LogP contribution >= 0.6 is 0 Å². The van der Waals surface area contributed by atoms with Crippen molar-refractivity contribution in [2.24, 2.45) is 5.41 Å². The molecular weight excluding hydrogens is 200 g/mol. The second kappa shape index (κ2) is 5.10. The number of anilines is 1. The number of carbonyl (C=O) groups excluding carboxylic acids is 1. The van der Waals surface area contributed by atoms with Gasteiger partial charge >= 0.3 is 0 Å². The summed E-state index contributed by atoms with van der Waals surface area (Å²) in [5.74, 6) is 0.829. The van der Waals surface area contributed by atoms with Crippen molar-refractivity contribution in [1.29, 1.82) is 0 Å². The van der Waals surface area contributed by atoms with Gasteiger partial charge in [0, 0.05) is 19.7 Å². The fourth-order valence-corrected chi connectivity index (χ4v) is 1.33. The molecule has 0 unspecified atom stereocenters. The average molecular weight is 220 g/mol. The Morgan fingerprint density at radius 1 is 1.38 bits per heavy atom. The van der Waals surface area contributed by atoms with E-state index in [-0.39, 0.29) is 11.3 Å². The van der Waals surface area contributed by atoms with E-state index in [1.807, 2.05) is 18.2 Å². The van der Waals surface area contributed by atoms with Gasteiger partial charge in [0.2, 0.25) is 5.91 Å². The third-order valence-corrected chi connectivity index (χ3v) is 2.46. The summed E-state index contributed by atoms with van der Waals surface area (Å²) in [6.45, 7) is 6.42. The first kappa shape index (κ1) is 12.7. The van der Waals surface area contributed by atoms with E-state index >= 15 is 0 Å². The van der Waals surface area contributed by atoms with E-state index < -0.39 is 0 Å². The second-order valence-electron chi connectivity index (χ2n) is 5.20. The molecule has 0 spiro atoms. The van der Waals surface area contributed by atoms with Crippen LogP contribution in [0.25, 0.3) is 0 Å². The SMILES string of the molecule is CN(C(=O)CCC(C)(C)C)c1ccccn1. The van der Waals surface area contributed by atoms with Crippen molar-refractivity contribution < 1.29 is 4.79 Å². The lowest BCUT2D eigenvalue weighted by Crippen LogP contribution is -2.27. The Morgan fingerprint density at radius 3 is 2.56 bits per heavy atom. The largest absolute Gasteiger partial charge is 0.300 e. The van der Waals surface area contributed by atoms with Crippen LogP contribution in [-0.2, 0) is 4.79 Å². The second-order valence-corrected chi connectivity index (χ2v) is 5.20. The van der Waals surface area contributed by atoms with Crippen molar-refractivity contribution in [3.8, 4) is 0 Å². The van der Waals surface area contributed by atoms with Crippen LogP contribution in [0, 0.1) is 5.41 Å². The van der Waals surface area contributed by atoms with Gasteiger partial charge in [-0.3, -0.25) is 9.69 Å². The van der Waals surface area contributed by atoms with Crippen molar-refractivity contribution in [3.05, 3.63) is 24.4 Å². The molecule has 0 N–H and O–H groups in total. The summed E-state index contributed by atoms with van der Waals surface area (Å²) in [6.07, 6.45) is 3.16. The molecular formula is C13H20N2O. The number of hydrogen-bond donors (Lipinski definition) is 0. The minimum absolute atomic E-state index is 0.119. The number of nitrogens with zero attached hydrogens (tertiary/aromatic N) is 2. The summed E-state index contributed by atoms with van der Waals surface area (Å²) in [5, 5.41) is 0. The topological polar surface area (TPSA) is 33.2 Å². The molecule has 3 heteroatoms. The number of amides is 1. The van der Waals surface area contributed by atoms with Crippen LogP contribution < -0.4 is 4.90 Å². The molecule has 0 aliphatic heterocycles. The molecule has 1 heterocycles. The van der Waals surface area contributed by atoms with Crippen molar-refractivity contribution >= 4 is 11.7 Å². The highest BCUT2D eigenvalue weighted by molar-refractivity contribution is 5.91. The van der Waals surface area contributed by atoms with E-state index in [1.54, 1.807) is 18.1 Å². The summed E-state index contributed by atoms with van der Waals surface area (Å²) in [5.41, 5.74) is 0.195. The number of carbonyl (C=O) groups is 1. The van der Waals surface area contributed by atoms with Crippen LogP contribution in [0.1, 0.15) is 33.6 Å². The van der Waals surface area contributed by atoms with E-state index in [9.17, 15) is 4.79 Å². The van der Waals surface area contributed by atoms with E-state index in [2.05, 4.69) is 25.8 Å². The third kappa shape index (κ3) is 4.01. The van der Waals surface area contributed by atoms with Gasteiger partial charge in [0.1, 0.15) is 5.82 Å². The lowest BCUT2D eigenvalue weighted by atomic mass is 9.90. The fraction of sp³-hybridized carbons (Fsp3) is 0.538. The van der Waals surface area contributed by atoms with Crippen molar-refractivity contribution in [2.45, 2.75) is 33.6 Å². The van der Waals surface area contributed by atoms with Gasteiger partial charge in [0.15, 0.2) is 0 Å². The molecule has 0 atom stereocenters. The summed E-state index contributed by atoms with van der Waals surface area (Å²) in [6, 6.07) is 5.57. The Morgan fingerprint density at radius 2 is 2.06 bits per heavy atom. The fourth-order valence-electron chi connectivity index (χ4n) is 1.33. The maximum absolute atomic E-state index is 11.9. The monoisotopic (exact) mass is 220 g/mol. The molecule has 1 rings (SSSR count). The molecule has 1 aromatic rings. The van der Waals surface area contributed by atoms with E-state index in [0.717, 1.165) is 6.42 Å². The van der Waals surface area contributed by atoms with Crippen molar-refractivity contribution in [2.75, 3.05) is 11.9 Å². The molecule has 0 aliphatic carbocycles. The summed E-state index contributed by atoms with van der Waals surface area (Å²) >= 11 is 0. The molecule has 0 saturated carbocycles. The molecule has 0 bridgehead atoms. The zero-order chi connectivity index (χ0) is 12.2. The van der Waals surface area contributed by atoms with Gasteiger partial charge in [0.05, 0.1) is 0 Å². The first-order valence-electron chi connectivity index (χ1n) is 5.58. The first-order valence-corrected chi connectivity index (χ1v) is 5.58. The molecule has 16 heavy (non-hydrogen) atoms. The average Bonchev–Trinajstić information content (AvgIpc) is 2.25. The van der Waals surface area contributed by atoms with Gasteiger partial charge in [-0.15, -0.1) is 0 Å². The third-order valence-electron chi connectivity index (χ3n) is 2.46. The minimum Gasteiger partial charge on any atom is -0.300 e. The van der Waals surface area contributed by atoms with E-state index in [1.165, 1.54) is 0 Å². The highest BCUT2D eigenvalue weighted by Gasteiger charge is 2.16. The molecule has 3 nitrogen and oxygen atoms in total. The Hall–Kier alpha value is -1.38. The minimum atomic E-state index is 0.119. The lowest BCUT2D eigenvalue weighted by Gasteiger charge is -2.20. The van der Waals surface area contributed by atoms with Gasteiger partial charge in [-0.25, -0.2) is 4.98 Å². The summed E-state index contributed by atoms with van der Waals surface area (Å²) in [4.78, 5) is 17.6. The summed E-state index contributed by atoms with van der Waals surface area (Å²) < 4.78 is 0. The Bertz CT molecular complexity index is 341. The number of aromatic nitrogens is 1. The molecule has 0 saturated heterocycles. The van der Waals surface area contributed by atoms with Crippen LogP contribution in [0.5, 0.6) is 0 Å². The zero-order valence-electron chi connectivity index (χ0n) is 10.5. The van der Waals surface area contributed by atoms with Crippen LogP contribution in [-0.4, -0.2) is 17.9 Å². The van der Waals surface area contributed by atoms with Gasteiger partial charge < -0.3 is 0 Å². The molecule has 0 fully saturated rings. The molecule has 1 aromatic heterocycles. The lowest BCUT2D eigenvalue weighted by molar-refractivity contribution is -0.118.